The molecule has 9 N–H and O–H groups in total. The lowest BCUT2D eigenvalue weighted by molar-refractivity contribution is -0.193. The first-order valence-corrected chi connectivity index (χ1v) is 49.4. The lowest BCUT2D eigenvalue weighted by atomic mass is 10.1. The van der Waals surface area contributed by atoms with Crippen LogP contribution in [-0.4, -0.2) is 159 Å². The first-order valence-electron chi connectivity index (χ1n) is 43.6. The van der Waals surface area contributed by atoms with Gasteiger partial charge >= 0.3 is 12.2 Å². The van der Waals surface area contributed by atoms with E-state index in [9.17, 15) is 19.8 Å². The van der Waals surface area contributed by atoms with Gasteiger partial charge in [-0.15, -0.1) is 0 Å². The summed E-state index contributed by atoms with van der Waals surface area (Å²) in [6, 6.07) is 52.8. The quantitative estimate of drug-likeness (QED) is 0.0248. The van der Waals surface area contributed by atoms with Gasteiger partial charge in [0, 0.05) is 75.2 Å². The van der Waals surface area contributed by atoms with E-state index >= 15 is 0 Å². The molecule has 127 heavy (non-hydrogen) atoms. The molecule has 0 radical (unpaired) electrons. The van der Waals surface area contributed by atoms with Crippen LogP contribution < -0.4 is 36.3 Å². The van der Waals surface area contributed by atoms with Gasteiger partial charge in [-0.05, 0) is 268 Å². The molecule has 4 aromatic carbocycles. The van der Waals surface area contributed by atoms with Gasteiger partial charge in [-0.25, -0.2) is 49.5 Å². The molecule has 1 saturated heterocycles. The van der Waals surface area contributed by atoms with Crippen LogP contribution in [0.15, 0.2) is 195 Å². The third kappa shape index (κ3) is 31.3. The summed E-state index contributed by atoms with van der Waals surface area (Å²) < 4.78 is 52.4. The summed E-state index contributed by atoms with van der Waals surface area (Å²) in [4.78, 5) is 59.2. The highest BCUT2D eigenvalue weighted by Gasteiger charge is 2.40. The number of nitrogen functional groups attached to an aromatic ring is 2. The number of hydrogen-bond acceptors (Lipinski definition) is 24. The van der Waals surface area contributed by atoms with Crippen LogP contribution in [0, 0.1) is 0 Å². The number of fused-ring (bicyclic) bond motifs is 4. The smallest absolute Gasteiger partial charge is 0.413 e. The van der Waals surface area contributed by atoms with E-state index in [1.165, 1.54) is 0 Å². The van der Waals surface area contributed by atoms with Crippen molar-refractivity contribution in [1.29, 1.82) is 0 Å². The van der Waals surface area contributed by atoms with Crippen molar-refractivity contribution in [1.82, 2.24) is 39.9 Å². The van der Waals surface area contributed by atoms with E-state index in [-0.39, 0.29) is 47.0 Å². The normalized spacial score (nSPS) is 14.0. The maximum atomic E-state index is 12.0. The number of phenolic OH excluding ortho intramolecular Hbond substituents is 1. The third-order valence-electron chi connectivity index (χ3n) is 21.6. The Balaban J connectivity index is 0.000000185. The van der Waals surface area contributed by atoms with Crippen LogP contribution in [0.3, 0.4) is 0 Å². The summed E-state index contributed by atoms with van der Waals surface area (Å²) in [6.07, 6.45) is 11.9. The number of aliphatic hydroxyl groups excluding tert-OH is 2. The first kappa shape index (κ1) is 99.4. The lowest BCUT2D eigenvalue weighted by Crippen LogP contribution is -2.45. The highest BCUT2D eigenvalue weighted by atomic mass is 28.4. The van der Waals surface area contributed by atoms with E-state index < -0.39 is 46.1 Å². The minimum Gasteiger partial charge on any atom is -0.508 e. The van der Waals surface area contributed by atoms with Gasteiger partial charge in [0.05, 0.1) is 75.9 Å². The predicted molar refractivity (Wildman–Crippen MR) is 513 cm³/mol. The average Bonchev–Trinajstić information content (AvgIpc) is 0.458. The maximum Gasteiger partial charge on any atom is 0.413 e. The van der Waals surface area contributed by atoms with Gasteiger partial charge in [0.1, 0.15) is 77.3 Å². The zero-order chi connectivity index (χ0) is 92.4. The number of anilines is 4. The molecule has 0 aliphatic carbocycles. The number of hydrogen-bond donors (Lipinski definition) is 7. The Labute approximate surface area is 750 Å². The van der Waals surface area contributed by atoms with Gasteiger partial charge in [0.2, 0.25) is 0 Å². The summed E-state index contributed by atoms with van der Waals surface area (Å²) in [5, 5.41) is 37.6. The number of phenols is 1. The predicted octanol–water partition coefficient (Wildman–Crippen LogP) is 22.6. The molecule has 5 unspecified atom stereocenters. The Hall–Kier alpha value is -11.3. The minimum atomic E-state index is -1.85. The average molecular weight is 1770 g/mol. The second-order valence-electron chi connectivity index (χ2n) is 36.2. The van der Waals surface area contributed by atoms with Crippen molar-refractivity contribution in [3.8, 4) is 68.0 Å². The van der Waals surface area contributed by atoms with Crippen LogP contribution in [0.1, 0.15) is 156 Å². The largest absolute Gasteiger partial charge is 0.508 e. The van der Waals surface area contributed by atoms with E-state index in [0.717, 1.165) is 151 Å². The van der Waals surface area contributed by atoms with Gasteiger partial charge < -0.3 is 68.8 Å². The molecule has 0 saturated carbocycles. The number of aliphatic hydroxyl groups is 2. The highest BCUT2D eigenvalue weighted by Crippen LogP contribution is 2.40. The van der Waals surface area contributed by atoms with Crippen LogP contribution in [0.5, 0.6) is 23.0 Å². The maximum absolute atomic E-state index is 12.0. The van der Waals surface area contributed by atoms with E-state index in [0.29, 0.717) is 49.5 Å². The number of nitrogens with one attached hydrogen (secondary N) is 2. The summed E-state index contributed by atoms with van der Waals surface area (Å²) >= 11 is 0. The molecule has 1 aliphatic rings. The van der Waals surface area contributed by atoms with Crippen molar-refractivity contribution in [2.24, 2.45) is 0 Å². The number of aromatic hydroxyl groups is 1. The van der Waals surface area contributed by atoms with E-state index in [1.54, 1.807) is 88.0 Å². The van der Waals surface area contributed by atoms with Gasteiger partial charge in [0.15, 0.2) is 22.9 Å². The van der Waals surface area contributed by atoms with Crippen LogP contribution in [0.2, 0.25) is 36.3 Å². The second-order valence-corrected chi connectivity index (χ2v) is 45.8. The molecule has 12 aromatic rings. The number of aromatic nitrogens is 8. The summed E-state index contributed by atoms with van der Waals surface area (Å²) in [5.74, 6) is 4.37. The molecule has 9 heterocycles. The number of rotatable bonds is 26. The highest BCUT2D eigenvalue weighted by molar-refractivity contribution is 6.74. The Bertz CT molecular complexity index is 5510. The molecule has 8 aromatic heterocycles. The second kappa shape index (κ2) is 45.4. The monoisotopic (exact) mass is 1770 g/mol. The Morgan fingerprint density at radius 2 is 0.811 bits per heavy atom. The van der Waals surface area contributed by atoms with E-state index in [1.807, 2.05) is 162 Å². The van der Waals surface area contributed by atoms with Gasteiger partial charge in [-0.3, -0.25) is 10.6 Å². The fourth-order valence-corrected chi connectivity index (χ4v) is 15.0. The standard InChI is InChI=1S/C29H41N3O4Si.C23H27N3O3.C19H19N3O3.C18H19N3O2.C10H24O2Si/c1-10-22(36-37(8,9)29(5,6)7)19-34-23-13-15-24-20(17-23)11-14-25(31-24)21-12-16-26(30-18-21)32-27(33)35-28(2,3)4;1-2-18(29-23-5-3-4-12-27-23)15-28-19-8-10-20-16(13-19)6-9-21(26-20)17-7-11-22(24)25-14-17;1-19(2,3)25-18(24)22-17-9-5-13(11-20-17)16-7-4-12-10-14(23)6-8-15(12)21-16;1-2-14(22)11-23-15-5-7-16-12(9-15)3-6-17(21-16)13-4-8-18(19)20-10-13;1-7-9(8-11)12-13(5,6)10(2,3)4/h11-18,22H,10,19H2,1-9H3,(H,30,32,33);6-11,13-14,18,23H,2-5,12,15H2,1H3,(H2,24,25);4-11,23H,1-3H3,(H,20,22,24);3-10,14,22H,2,11H2,1H3,(H2,19,20);9,11H,7-8H2,1-6H3. The topological polar surface area (TPSA) is 357 Å². The van der Waals surface area contributed by atoms with Crippen LogP contribution in [0.4, 0.5) is 32.9 Å². The van der Waals surface area contributed by atoms with E-state index in [4.69, 9.17) is 68.6 Å². The molecule has 0 spiro atoms. The summed E-state index contributed by atoms with van der Waals surface area (Å²) in [6.45, 7) is 43.7. The summed E-state index contributed by atoms with van der Waals surface area (Å²) in [7, 11) is -3.52. The molecule has 2 amide bonds. The SMILES string of the molecule is CC(C)(C)OC(=O)Nc1ccc(-c2ccc3cc(O)ccc3n2)cn1.CCC(CO)O[Si](C)(C)C(C)(C)C.CCC(COc1ccc2nc(-c3ccc(N)nc3)ccc2c1)OC1CCCCO1.CCC(COc1ccc2nc(-c3ccc(NC(=O)OC(C)(C)C)nc3)ccc2c1)O[Si](C)(C)C(C)(C)C.CCC(O)COc1ccc2nc(-c3ccc(N)nc3)ccc2c1. The van der Waals surface area contributed by atoms with Crippen LogP contribution in [0.25, 0.3) is 88.6 Å². The zero-order valence-electron chi connectivity index (χ0n) is 77.4. The first-order chi connectivity index (χ1) is 60.1. The van der Waals surface area contributed by atoms with Gasteiger partial charge in [-0.1, -0.05) is 93.5 Å². The van der Waals surface area contributed by atoms with Crippen LogP contribution >= 0.6 is 0 Å². The molecular weight excluding hydrogens is 1640 g/mol. The Morgan fingerprint density at radius 3 is 1.14 bits per heavy atom. The number of nitrogens with two attached hydrogens (primary N) is 2. The van der Waals surface area contributed by atoms with E-state index in [2.05, 4.69) is 122 Å². The molecule has 1 aliphatic heterocycles. The third-order valence-corrected chi connectivity index (χ3v) is 30.6. The molecule has 0 bridgehead atoms. The molecule has 1 fully saturated rings. The Kier molecular flexibility index (Phi) is 35.5. The van der Waals surface area contributed by atoms with Crippen molar-refractivity contribution in [2.45, 2.75) is 234 Å². The number of benzene rings is 4. The van der Waals surface area contributed by atoms with Crippen molar-refractivity contribution < 1.29 is 66.9 Å². The molecular formula is C99H130N12O14Si2. The number of nitrogens with zero attached hydrogens (tertiary/aromatic N) is 8. The van der Waals surface area contributed by atoms with Crippen LogP contribution in [-0.2, 0) is 27.8 Å². The van der Waals surface area contributed by atoms with Crippen molar-refractivity contribution >= 4 is 95.7 Å². The van der Waals surface area contributed by atoms with Crippen molar-refractivity contribution in [3.05, 3.63) is 195 Å². The minimum absolute atomic E-state index is 0.0207. The molecule has 13 rings (SSSR count). The number of amides is 2. The van der Waals surface area contributed by atoms with Gasteiger partial charge in [0.25, 0.3) is 0 Å². The lowest BCUT2D eigenvalue weighted by Gasteiger charge is -2.39. The zero-order valence-corrected chi connectivity index (χ0v) is 79.4. The van der Waals surface area contributed by atoms with Crippen molar-refractivity contribution in [3.63, 3.8) is 0 Å². The molecule has 28 heteroatoms. The fourth-order valence-electron chi connectivity index (χ4n) is 12.2. The number of carbonyl (C=O) groups is 2. The van der Waals surface area contributed by atoms with Crippen molar-refractivity contribution in [2.75, 3.05) is 55.1 Å². The number of ether oxygens (including phenoxy) is 7. The molecule has 678 valence electrons. The number of carbonyl (C=O) groups excluding carboxylic acids is 2. The molecule has 5 atom stereocenters. The fraction of sp³-hybridized carbons (Fsp3) is 0.414. The molecule has 26 nitrogen and oxygen atoms in total. The summed E-state index contributed by atoms with van der Waals surface area (Å²) in [5.41, 5.74) is 20.4. The Morgan fingerprint density at radius 1 is 0.449 bits per heavy atom. The number of pyridine rings is 8. The van der Waals surface area contributed by atoms with Gasteiger partial charge in [-0.2, -0.15) is 0 Å².